The zero-order chi connectivity index (χ0) is 18.3. The van der Waals surface area contributed by atoms with Crippen molar-refractivity contribution in [3.8, 4) is 28.5 Å². The van der Waals surface area contributed by atoms with Gasteiger partial charge >= 0.3 is 0 Å². The van der Waals surface area contributed by atoms with Crippen LogP contribution in [0.3, 0.4) is 0 Å². The number of hydrogen-bond acceptors (Lipinski definition) is 5. The van der Waals surface area contributed by atoms with Gasteiger partial charge in [0.05, 0.1) is 25.6 Å². The Hall–Kier alpha value is -3.28. The van der Waals surface area contributed by atoms with Crippen LogP contribution in [0.25, 0.3) is 33.1 Å². The number of pyridine rings is 1. The maximum Gasteiger partial charge on any atom is 0.164 e. The van der Waals surface area contributed by atoms with Gasteiger partial charge in [-0.3, -0.25) is 5.10 Å². The molecule has 0 saturated carbocycles. The Balaban J connectivity index is 2.14. The third-order valence-electron chi connectivity index (χ3n) is 4.50. The maximum atomic E-state index is 9.60. The predicted molar refractivity (Wildman–Crippen MR) is 101 cm³/mol. The lowest BCUT2D eigenvalue weighted by molar-refractivity contribution is 0.309. The van der Waals surface area contributed by atoms with Crippen molar-refractivity contribution in [3.05, 3.63) is 42.1 Å². The SMILES string of the molecule is CCOc1c(OC)cc2c(-c3ccc(O)cc3)nc3[nH]ncc3c2c1C. The molecule has 0 aliphatic carbocycles. The first-order chi connectivity index (χ1) is 12.6. The topological polar surface area (TPSA) is 80.3 Å². The molecule has 6 heteroatoms. The van der Waals surface area contributed by atoms with Crippen molar-refractivity contribution in [2.24, 2.45) is 0 Å². The molecule has 26 heavy (non-hydrogen) atoms. The summed E-state index contributed by atoms with van der Waals surface area (Å²) in [5, 5.41) is 19.6. The molecular weight excluding hydrogens is 330 g/mol. The number of aromatic nitrogens is 3. The standard InChI is InChI=1S/C20H19N3O3/c1-4-26-19-11(2)17-14(9-16(19)25-3)18(12-5-7-13(24)8-6-12)22-20-15(17)10-21-23-20/h5-10,24H,4H2,1-3H3,(H,21,22,23). The molecule has 0 atom stereocenters. The molecule has 2 aromatic carbocycles. The van der Waals surface area contributed by atoms with Gasteiger partial charge in [0.15, 0.2) is 17.1 Å². The monoisotopic (exact) mass is 349 g/mol. The van der Waals surface area contributed by atoms with Crippen molar-refractivity contribution in [1.82, 2.24) is 15.2 Å². The van der Waals surface area contributed by atoms with Crippen molar-refractivity contribution >= 4 is 21.8 Å². The van der Waals surface area contributed by atoms with Gasteiger partial charge in [-0.05, 0) is 44.2 Å². The first-order valence-corrected chi connectivity index (χ1v) is 8.40. The zero-order valence-electron chi connectivity index (χ0n) is 14.8. The fraction of sp³-hybridized carbons (Fsp3) is 0.200. The van der Waals surface area contributed by atoms with Crippen LogP contribution in [0, 0.1) is 6.92 Å². The third-order valence-corrected chi connectivity index (χ3v) is 4.50. The summed E-state index contributed by atoms with van der Waals surface area (Å²) in [5.41, 5.74) is 3.38. The zero-order valence-corrected chi connectivity index (χ0v) is 14.8. The van der Waals surface area contributed by atoms with Crippen LogP contribution in [0.4, 0.5) is 0 Å². The molecule has 6 nitrogen and oxygen atoms in total. The van der Waals surface area contributed by atoms with Crippen LogP contribution in [-0.2, 0) is 0 Å². The van der Waals surface area contributed by atoms with Crippen LogP contribution in [0.5, 0.6) is 17.2 Å². The molecule has 4 rings (SSSR count). The van der Waals surface area contributed by atoms with Gasteiger partial charge in [0.25, 0.3) is 0 Å². The summed E-state index contributed by atoms with van der Waals surface area (Å²) in [6, 6.07) is 8.95. The summed E-state index contributed by atoms with van der Waals surface area (Å²) in [5.74, 6) is 1.61. The Kier molecular flexibility index (Phi) is 3.88. The van der Waals surface area contributed by atoms with Gasteiger partial charge in [-0.15, -0.1) is 0 Å². The molecule has 0 amide bonds. The van der Waals surface area contributed by atoms with E-state index in [2.05, 4.69) is 10.2 Å². The Morgan fingerprint density at radius 2 is 1.92 bits per heavy atom. The first kappa shape index (κ1) is 16.2. The van der Waals surface area contributed by atoms with E-state index in [1.54, 1.807) is 25.4 Å². The van der Waals surface area contributed by atoms with Crippen LogP contribution < -0.4 is 9.47 Å². The van der Waals surface area contributed by atoms with E-state index in [1.165, 1.54) is 0 Å². The van der Waals surface area contributed by atoms with E-state index >= 15 is 0 Å². The lowest BCUT2D eigenvalue weighted by Gasteiger charge is -2.17. The van der Waals surface area contributed by atoms with E-state index in [9.17, 15) is 5.11 Å². The molecule has 4 aromatic rings. The number of ether oxygens (including phenoxy) is 2. The molecular formula is C20H19N3O3. The Morgan fingerprint density at radius 3 is 2.62 bits per heavy atom. The third kappa shape index (κ3) is 2.42. The first-order valence-electron chi connectivity index (χ1n) is 8.40. The number of aryl methyl sites for hydroxylation is 1. The van der Waals surface area contributed by atoms with E-state index in [1.807, 2.05) is 32.0 Å². The molecule has 2 heterocycles. The van der Waals surface area contributed by atoms with Crippen LogP contribution in [0.2, 0.25) is 0 Å². The number of nitrogens with zero attached hydrogens (tertiary/aromatic N) is 2. The Labute approximate surface area is 150 Å². The van der Waals surface area contributed by atoms with Crippen LogP contribution in [-0.4, -0.2) is 34.0 Å². The second-order valence-corrected chi connectivity index (χ2v) is 6.03. The number of methoxy groups -OCH3 is 1. The number of nitrogens with one attached hydrogen (secondary N) is 1. The number of phenolic OH excluding ortho intramolecular Hbond substituents is 1. The van der Waals surface area contributed by atoms with Gasteiger partial charge in [-0.2, -0.15) is 5.10 Å². The van der Waals surface area contributed by atoms with Gasteiger partial charge in [-0.1, -0.05) is 0 Å². The number of rotatable bonds is 4. The van der Waals surface area contributed by atoms with Gasteiger partial charge < -0.3 is 14.6 Å². The fourth-order valence-corrected chi connectivity index (χ4v) is 3.34. The molecule has 2 aromatic heterocycles. The minimum Gasteiger partial charge on any atom is -0.508 e. The van der Waals surface area contributed by atoms with Gasteiger partial charge in [0.1, 0.15) is 5.75 Å². The van der Waals surface area contributed by atoms with E-state index in [4.69, 9.17) is 14.5 Å². The minimum absolute atomic E-state index is 0.216. The predicted octanol–water partition coefficient (Wildman–Crippen LogP) is 4.20. The van der Waals surface area contributed by atoms with Crippen molar-refractivity contribution in [2.45, 2.75) is 13.8 Å². The summed E-state index contributed by atoms with van der Waals surface area (Å²) in [4.78, 5) is 4.76. The van der Waals surface area contributed by atoms with Gasteiger partial charge in [0.2, 0.25) is 0 Å². The summed E-state index contributed by atoms with van der Waals surface area (Å²) in [6.45, 7) is 4.51. The number of hydrogen-bond donors (Lipinski definition) is 2. The van der Waals surface area contributed by atoms with Gasteiger partial charge in [0, 0.05) is 27.3 Å². The van der Waals surface area contributed by atoms with Crippen molar-refractivity contribution < 1.29 is 14.6 Å². The average Bonchev–Trinajstić information content (AvgIpc) is 3.12. The molecule has 0 radical (unpaired) electrons. The number of fused-ring (bicyclic) bond motifs is 3. The molecule has 0 unspecified atom stereocenters. The minimum atomic E-state index is 0.216. The second-order valence-electron chi connectivity index (χ2n) is 6.03. The quantitative estimate of drug-likeness (QED) is 0.577. The van der Waals surface area contributed by atoms with E-state index < -0.39 is 0 Å². The number of benzene rings is 2. The molecule has 2 N–H and O–H groups in total. The Morgan fingerprint density at radius 1 is 1.15 bits per heavy atom. The molecule has 0 aliphatic rings. The summed E-state index contributed by atoms with van der Waals surface area (Å²) in [6.07, 6.45) is 1.78. The van der Waals surface area contributed by atoms with Crippen molar-refractivity contribution in [1.29, 1.82) is 0 Å². The summed E-state index contributed by atoms with van der Waals surface area (Å²) >= 11 is 0. The fourth-order valence-electron chi connectivity index (χ4n) is 3.34. The van der Waals surface area contributed by atoms with E-state index in [0.717, 1.165) is 38.7 Å². The molecule has 0 fully saturated rings. The van der Waals surface area contributed by atoms with E-state index in [0.29, 0.717) is 18.0 Å². The number of aromatic amines is 1. The Bertz CT molecular complexity index is 1100. The van der Waals surface area contributed by atoms with Crippen LogP contribution in [0.15, 0.2) is 36.5 Å². The van der Waals surface area contributed by atoms with E-state index in [-0.39, 0.29) is 5.75 Å². The van der Waals surface area contributed by atoms with Crippen LogP contribution >= 0.6 is 0 Å². The molecule has 0 saturated heterocycles. The highest BCUT2D eigenvalue weighted by Gasteiger charge is 2.19. The largest absolute Gasteiger partial charge is 0.508 e. The highest BCUT2D eigenvalue weighted by molar-refractivity contribution is 6.12. The lowest BCUT2D eigenvalue weighted by atomic mass is 9.97. The number of phenols is 1. The van der Waals surface area contributed by atoms with Gasteiger partial charge in [-0.25, -0.2) is 4.98 Å². The van der Waals surface area contributed by atoms with Crippen molar-refractivity contribution in [2.75, 3.05) is 13.7 Å². The molecule has 0 spiro atoms. The molecule has 132 valence electrons. The van der Waals surface area contributed by atoms with Crippen molar-refractivity contribution in [3.63, 3.8) is 0 Å². The molecule has 0 bridgehead atoms. The smallest absolute Gasteiger partial charge is 0.164 e. The number of H-pyrrole nitrogens is 1. The maximum absolute atomic E-state index is 9.60. The highest BCUT2D eigenvalue weighted by atomic mass is 16.5. The van der Waals surface area contributed by atoms with Crippen LogP contribution in [0.1, 0.15) is 12.5 Å². The lowest BCUT2D eigenvalue weighted by Crippen LogP contribution is -2.00. The average molecular weight is 349 g/mol. The second kappa shape index (κ2) is 6.22. The summed E-state index contributed by atoms with van der Waals surface area (Å²) in [7, 11) is 1.63. The summed E-state index contributed by atoms with van der Waals surface area (Å²) < 4.78 is 11.4. The number of aromatic hydroxyl groups is 1. The molecule has 0 aliphatic heterocycles. The highest BCUT2D eigenvalue weighted by Crippen LogP contribution is 2.42. The normalized spacial score (nSPS) is 11.2.